The van der Waals surface area contributed by atoms with Crippen molar-refractivity contribution in [3.63, 3.8) is 0 Å². The van der Waals surface area contributed by atoms with Crippen molar-refractivity contribution in [3.05, 3.63) is 29.3 Å². The fourth-order valence-electron chi connectivity index (χ4n) is 2.61. The molecule has 21 heavy (non-hydrogen) atoms. The zero-order valence-corrected chi connectivity index (χ0v) is 13.4. The lowest BCUT2D eigenvalue weighted by Crippen LogP contribution is -2.30. The average molecular weight is 292 g/mol. The molecule has 1 atom stereocenters. The number of nitrogens with one attached hydrogen (secondary N) is 1. The van der Waals surface area contributed by atoms with E-state index in [9.17, 15) is 5.11 Å². The lowest BCUT2D eigenvalue weighted by atomic mass is 10.1. The van der Waals surface area contributed by atoms with Crippen LogP contribution in [0.3, 0.4) is 0 Å². The Bertz CT molecular complexity index is 448. The van der Waals surface area contributed by atoms with Gasteiger partial charge in [-0.3, -0.25) is 0 Å². The summed E-state index contributed by atoms with van der Waals surface area (Å²) in [5.74, 6) is 0.509. The van der Waals surface area contributed by atoms with Gasteiger partial charge < -0.3 is 20.1 Å². The smallest absolute Gasteiger partial charge is 0.0897 e. The fraction of sp³-hybridized carbons (Fsp3) is 0.647. The first-order valence-electron chi connectivity index (χ1n) is 7.85. The number of likely N-dealkylation sites (N-methyl/N-ethyl adjacent to an activating group) is 1. The number of aliphatic hydroxyl groups is 1. The largest absolute Gasteiger partial charge is 0.389 e. The van der Waals surface area contributed by atoms with Gasteiger partial charge in [-0.2, -0.15) is 0 Å². The van der Waals surface area contributed by atoms with Crippen molar-refractivity contribution in [1.29, 1.82) is 0 Å². The van der Waals surface area contributed by atoms with Gasteiger partial charge in [-0.05, 0) is 29.5 Å². The van der Waals surface area contributed by atoms with E-state index in [1.54, 1.807) is 0 Å². The van der Waals surface area contributed by atoms with Crippen molar-refractivity contribution in [3.8, 4) is 0 Å². The third kappa shape index (κ3) is 4.99. The molecule has 0 saturated heterocycles. The molecule has 1 aliphatic heterocycles. The fourth-order valence-corrected chi connectivity index (χ4v) is 2.61. The number of aliphatic hydroxyl groups excluding tert-OH is 1. The molecular formula is C17H28N2O2. The number of fused-ring (bicyclic) bond motifs is 1. The predicted molar refractivity (Wildman–Crippen MR) is 86.8 cm³/mol. The second kappa shape index (κ2) is 7.78. The van der Waals surface area contributed by atoms with E-state index in [1.807, 2.05) is 0 Å². The Morgan fingerprint density at radius 3 is 2.90 bits per heavy atom. The maximum Gasteiger partial charge on any atom is 0.0897 e. The predicted octanol–water partition coefficient (Wildman–Crippen LogP) is 1.80. The lowest BCUT2D eigenvalue weighted by Gasteiger charge is -2.14. The molecular weight excluding hydrogens is 264 g/mol. The molecule has 1 aromatic carbocycles. The zero-order valence-electron chi connectivity index (χ0n) is 13.4. The number of benzene rings is 1. The summed E-state index contributed by atoms with van der Waals surface area (Å²) in [5, 5.41) is 13.1. The number of anilines is 1. The van der Waals surface area contributed by atoms with Gasteiger partial charge in [-0.1, -0.05) is 26.0 Å². The van der Waals surface area contributed by atoms with Crippen molar-refractivity contribution in [2.24, 2.45) is 5.92 Å². The molecule has 0 fully saturated rings. The first-order chi connectivity index (χ1) is 10.1. The number of hydrogen-bond donors (Lipinski definition) is 2. The van der Waals surface area contributed by atoms with E-state index in [4.69, 9.17) is 4.74 Å². The van der Waals surface area contributed by atoms with E-state index in [1.165, 1.54) is 16.8 Å². The molecule has 0 saturated carbocycles. The van der Waals surface area contributed by atoms with Crippen LogP contribution in [-0.2, 0) is 17.7 Å². The van der Waals surface area contributed by atoms with Crippen molar-refractivity contribution in [2.45, 2.75) is 32.9 Å². The molecule has 1 aliphatic rings. The summed E-state index contributed by atoms with van der Waals surface area (Å²) in [5.41, 5.74) is 4.05. The van der Waals surface area contributed by atoms with Gasteiger partial charge in [0.25, 0.3) is 0 Å². The molecule has 0 aliphatic carbocycles. The Balaban J connectivity index is 1.69. The average Bonchev–Trinajstić information content (AvgIpc) is 2.80. The topological polar surface area (TPSA) is 44.7 Å². The number of ether oxygens (including phenoxy) is 1. The zero-order chi connectivity index (χ0) is 15.2. The van der Waals surface area contributed by atoms with Crippen LogP contribution in [0.2, 0.25) is 0 Å². The molecule has 0 amide bonds. The van der Waals surface area contributed by atoms with Gasteiger partial charge in [0, 0.05) is 39.0 Å². The van der Waals surface area contributed by atoms with Crippen molar-refractivity contribution >= 4 is 5.69 Å². The van der Waals surface area contributed by atoms with Crippen molar-refractivity contribution < 1.29 is 9.84 Å². The van der Waals surface area contributed by atoms with Gasteiger partial charge >= 0.3 is 0 Å². The molecule has 4 heteroatoms. The van der Waals surface area contributed by atoms with Gasteiger partial charge in [0.2, 0.25) is 0 Å². The van der Waals surface area contributed by atoms with Crippen LogP contribution in [0.1, 0.15) is 25.0 Å². The molecule has 118 valence electrons. The van der Waals surface area contributed by atoms with Gasteiger partial charge in [0.15, 0.2) is 0 Å². The molecule has 0 aromatic heterocycles. The molecule has 1 heterocycles. The third-order valence-corrected chi connectivity index (χ3v) is 3.74. The SMILES string of the molecule is CC(C)COCC(O)CNCc1ccc2c(c1)CCN2C. The summed E-state index contributed by atoms with van der Waals surface area (Å²) in [6.07, 6.45) is 0.690. The summed E-state index contributed by atoms with van der Waals surface area (Å²) in [6, 6.07) is 6.63. The second-order valence-electron chi connectivity index (χ2n) is 6.35. The highest BCUT2D eigenvalue weighted by Crippen LogP contribution is 2.27. The summed E-state index contributed by atoms with van der Waals surface area (Å²) in [4.78, 5) is 2.29. The Hall–Kier alpha value is -1.10. The highest BCUT2D eigenvalue weighted by Gasteiger charge is 2.15. The summed E-state index contributed by atoms with van der Waals surface area (Å²) >= 11 is 0. The van der Waals surface area contributed by atoms with E-state index < -0.39 is 6.10 Å². The van der Waals surface area contributed by atoms with Gasteiger partial charge in [-0.15, -0.1) is 0 Å². The lowest BCUT2D eigenvalue weighted by molar-refractivity contribution is 0.0260. The summed E-state index contributed by atoms with van der Waals surface area (Å²) in [6.45, 7) is 7.78. The van der Waals surface area contributed by atoms with Gasteiger partial charge in [0.05, 0.1) is 12.7 Å². The quantitative estimate of drug-likeness (QED) is 0.767. The first kappa shape index (κ1) is 16.3. The molecule has 0 bridgehead atoms. The minimum Gasteiger partial charge on any atom is -0.389 e. The second-order valence-corrected chi connectivity index (χ2v) is 6.35. The molecule has 1 aromatic rings. The Morgan fingerprint density at radius 1 is 1.33 bits per heavy atom. The minimum absolute atomic E-state index is 0.403. The molecule has 0 spiro atoms. The maximum atomic E-state index is 9.84. The van der Waals surface area contributed by atoms with Crippen LogP contribution in [0.15, 0.2) is 18.2 Å². The minimum atomic E-state index is -0.440. The normalized spacial score (nSPS) is 15.6. The standard InChI is InChI=1S/C17H28N2O2/c1-13(2)11-21-12-16(20)10-18-9-14-4-5-17-15(8-14)6-7-19(17)3/h4-5,8,13,16,18,20H,6-7,9-12H2,1-3H3. The summed E-state index contributed by atoms with van der Waals surface area (Å²) < 4.78 is 5.44. The van der Waals surface area contributed by atoms with Crippen LogP contribution < -0.4 is 10.2 Å². The van der Waals surface area contributed by atoms with Crippen LogP contribution in [0.5, 0.6) is 0 Å². The number of hydrogen-bond acceptors (Lipinski definition) is 4. The molecule has 2 N–H and O–H groups in total. The van der Waals surface area contributed by atoms with E-state index in [-0.39, 0.29) is 0 Å². The molecule has 2 rings (SSSR count). The van der Waals surface area contributed by atoms with Crippen LogP contribution >= 0.6 is 0 Å². The van der Waals surface area contributed by atoms with Crippen molar-refractivity contribution in [1.82, 2.24) is 5.32 Å². The Kier molecular flexibility index (Phi) is 6.03. The first-order valence-corrected chi connectivity index (χ1v) is 7.85. The highest BCUT2D eigenvalue weighted by atomic mass is 16.5. The highest BCUT2D eigenvalue weighted by molar-refractivity contribution is 5.58. The Morgan fingerprint density at radius 2 is 2.14 bits per heavy atom. The van der Waals surface area contributed by atoms with Crippen LogP contribution in [0.4, 0.5) is 5.69 Å². The van der Waals surface area contributed by atoms with Crippen LogP contribution in [0, 0.1) is 5.92 Å². The summed E-state index contributed by atoms with van der Waals surface area (Å²) in [7, 11) is 2.14. The van der Waals surface area contributed by atoms with Gasteiger partial charge in [0.1, 0.15) is 0 Å². The molecule has 4 nitrogen and oxygen atoms in total. The third-order valence-electron chi connectivity index (χ3n) is 3.74. The monoisotopic (exact) mass is 292 g/mol. The van der Waals surface area contributed by atoms with Crippen LogP contribution in [0.25, 0.3) is 0 Å². The maximum absolute atomic E-state index is 9.84. The van der Waals surface area contributed by atoms with E-state index in [2.05, 4.69) is 49.3 Å². The van der Waals surface area contributed by atoms with Crippen LogP contribution in [-0.4, -0.2) is 44.6 Å². The molecule has 0 radical (unpaired) electrons. The van der Waals surface area contributed by atoms with Gasteiger partial charge in [-0.25, -0.2) is 0 Å². The number of rotatable bonds is 8. The van der Waals surface area contributed by atoms with E-state index in [0.717, 1.165) is 19.5 Å². The van der Waals surface area contributed by atoms with E-state index >= 15 is 0 Å². The Labute approximate surface area is 128 Å². The number of nitrogens with zero attached hydrogens (tertiary/aromatic N) is 1. The molecule has 1 unspecified atom stereocenters. The van der Waals surface area contributed by atoms with Crippen molar-refractivity contribution in [2.75, 3.05) is 38.3 Å². The van der Waals surface area contributed by atoms with E-state index in [0.29, 0.717) is 25.7 Å².